The molecule has 0 saturated carbocycles. The van der Waals surface area contributed by atoms with Crippen molar-refractivity contribution in [2.45, 2.75) is 25.3 Å². The molecule has 1 heterocycles. The standard InChI is InChI=1S/C16H19N3O5/c17-13(20)7-6-12(16(23)24)18-15(22)10-8-14(21)19(9-10)11-4-2-1-3-5-11/h1-5,10,12H,6-9H2,(H2,17,20)(H,18,22)(H,23,24)/t10-,12-/m0/s1. The molecule has 0 radical (unpaired) electrons. The number of nitrogens with zero attached hydrogens (tertiary/aromatic N) is 1. The lowest BCUT2D eigenvalue weighted by molar-refractivity contribution is -0.142. The van der Waals surface area contributed by atoms with E-state index in [1.165, 1.54) is 4.90 Å². The molecule has 1 fully saturated rings. The Labute approximate surface area is 138 Å². The average Bonchev–Trinajstić information content (AvgIpc) is 2.93. The zero-order chi connectivity index (χ0) is 17.7. The molecule has 0 spiro atoms. The number of carboxylic acids is 1. The van der Waals surface area contributed by atoms with E-state index in [0.717, 1.165) is 0 Å². The largest absolute Gasteiger partial charge is 0.480 e. The first-order valence-electron chi connectivity index (χ1n) is 7.55. The Morgan fingerprint density at radius 2 is 1.96 bits per heavy atom. The van der Waals surface area contributed by atoms with Crippen molar-refractivity contribution in [1.29, 1.82) is 0 Å². The second-order valence-corrected chi connectivity index (χ2v) is 5.65. The first-order valence-corrected chi connectivity index (χ1v) is 7.55. The molecule has 1 aliphatic rings. The SMILES string of the molecule is NC(=O)CC[C@H](NC(=O)[C@H]1CC(=O)N(c2ccccc2)C1)C(=O)O. The van der Waals surface area contributed by atoms with Crippen molar-refractivity contribution in [3.8, 4) is 0 Å². The zero-order valence-electron chi connectivity index (χ0n) is 13.0. The summed E-state index contributed by atoms with van der Waals surface area (Å²) in [6, 6.07) is 7.74. The van der Waals surface area contributed by atoms with Crippen LogP contribution in [0.3, 0.4) is 0 Å². The summed E-state index contributed by atoms with van der Waals surface area (Å²) < 4.78 is 0. The predicted octanol–water partition coefficient (Wildman–Crippen LogP) is -0.126. The van der Waals surface area contributed by atoms with Crippen LogP contribution in [0, 0.1) is 5.92 Å². The third kappa shape index (κ3) is 4.31. The summed E-state index contributed by atoms with van der Waals surface area (Å²) in [5.41, 5.74) is 5.69. The highest BCUT2D eigenvalue weighted by atomic mass is 16.4. The van der Waals surface area contributed by atoms with Gasteiger partial charge in [0.25, 0.3) is 0 Å². The van der Waals surface area contributed by atoms with E-state index in [1.807, 2.05) is 6.07 Å². The van der Waals surface area contributed by atoms with Crippen molar-refractivity contribution < 1.29 is 24.3 Å². The highest BCUT2D eigenvalue weighted by molar-refractivity contribution is 6.00. The molecule has 1 saturated heterocycles. The Kier molecular flexibility index (Phi) is 5.51. The summed E-state index contributed by atoms with van der Waals surface area (Å²) in [4.78, 5) is 47.8. The number of carbonyl (C=O) groups excluding carboxylic acids is 3. The maximum atomic E-state index is 12.3. The van der Waals surface area contributed by atoms with Crippen LogP contribution >= 0.6 is 0 Å². The van der Waals surface area contributed by atoms with Gasteiger partial charge in [0.05, 0.1) is 5.92 Å². The Morgan fingerprint density at radius 1 is 1.29 bits per heavy atom. The zero-order valence-corrected chi connectivity index (χ0v) is 13.0. The minimum Gasteiger partial charge on any atom is -0.480 e. The summed E-state index contributed by atoms with van der Waals surface area (Å²) >= 11 is 0. The fraction of sp³-hybridized carbons (Fsp3) is 0.375. The number of rotatable bonds is 7. The number of hydrogen-bond donors (Lipinski definition) is 3. The fourth-order valence-electron chi connectivity index (χ4n) is 2.57. The highest BCUT2D eigenvalue weighted by Gasteiger charge is 2.36. The van der Waals surface area contributed by atoms with Crippen molar-refractivity contribution in [3.05, 3.63) is 30.3 Å². The lowest BCUT2D eigenvalue weighted by Gasteiger charge is -2.18. The van der Waals surface area contributed by atoms with Crippen molar-refractivity contribution in [1.82, 2.24) is 5.32 Å². The number of aliphatic carboxylic acids is 1. The molecule has 1 aliphatic heterocycles. The molecule has 0 bridgehead atoms. The maximum absolute atomic E-state index is 12.3. The highest BCUT2D eigenvalue weighted by Crippen LogP contribution is 2.25. The molecule has 0 aliphatic carbocycles. The molecule has 0 aromatic heterocycles. The van der Waals surface area contributed by atoms with E-state index >= 15 is 0 Å². The minimum absolute atomic E-state index is 0.0168. The van der Waals surface area contributed by atoms with Gasteiger partial charge in [-0.3, -0.25) is 14.4 Å². The summed E-state index contributed by atoms with van der Waals surface area (Å²) in [6.45, 7) is 0.191. The van der Waals surface area contributed by atoms with Crippen LogP contribution in [0.1, 0.15) is 19.3 Å². The van der Waals surface area contributed by atoms with Crippen LogP contribution in [-0.4, -0.2) is 41.4 Å². The molecule has 2 atom stereocenters. The third-order valence-electron chi connectivity index (χ3n) is 3.86. The Balaban J connectivity index is 1.98. The summed E-state index contributed by atoms with van der Waals surface area (Å²) in [5, 5.41) is 11.5. The van der Waals surface area contributed by atoms with Crippen LogP contribution in [0.4, 0.5) is 5.69 Å². The molecule has 1 aromatic carbocycles. The van der Waals surface area contributed by atoms with Gasteiger partial charge in [-0.15, -0.1) is 0 Å². The molecule has 24 heavy (non-hydrogen) atoms. The molecular weight excluding hydrogens is 314 g/mol. The van der Waals surface area contributed by atoms with Crippen LogP contribution in [0.15, 0.2) is 30.3 Å². The normalized spacial score (nSPS) is 18.2. The Bertz CT molecular complexity index is 646. The smallest absolute Gasteiger partial charge is 0.326 e. The van der Waals surface area contributed by atoms with Crippen molar-refractivity contribution in [2.75, 3.05) is 11.4 Å². The third-order valence-corrected chi connectivity index (χ3v) is 3.86. The van der Waals surface area contributed by atoms with Gasteiger partial charge in [-0.1, -0.05) is 18.2 Å². The summed E-state index contributed by atoms with van der Waals surface area (Å²) in [7, 11) is 0. The predicted molar refractivity (Wildman–Crippen MR) is 84.9 cm³/mol. The number of nitrogens with one attached hydrogen (secondary N) is 1. The lowest BCUT2D eigenvalue weighted by Crippen LogP contribution is -2.44. The molecule has 2 rings (SSSR count). The van der Waals surface area contributed by atoms with Crippen molar-refractivity contribution in [3.63, 3.8) is 0 Å². The van der Waals surface area contributed by atoms with Gasteiger partial charge in [-0.05, 0) is 18.6 Å². The van der Waals surface area contributed by atoms with E-state index in [0.29, 0.717) is 5.69 Å². The van der Waals surface area contributed by atoms with Gasteiger partial charge in [0.2, 0.25) is 17.7 Å². The van der Waals surface area contributed by atoms with Crippen molar-refractivity contribution in [2.24, 2.45) is 11.7 Å². The van der Waals surface area contributed by atoms with Crippen LogP contribution in [-0.2, 0) is 19.2 Å². The molecule has 0 unspecified atom stereocenters. The second-order valence-electron chi connectivity index (χ2n) is 5.65. The molecule has 4 N–H and O–H groups in total. The Hall–Kier alpha value is -2.90. The number of para-hydroxylation sites is 1. The number of carboxylic acid groups (broad SMARTS) is 1. The molecule has 8 heteroatoms. The van der Waals surface area contributed by atoms with E-state index in [4.69, 9.17) is 10.8 Å². The van der Waals surface area contributed by atoms with E-state index in [2.05, 4.69) is 5.32 Å². The molecule has 1 aromatic rings. The number of carbonyl (C=O) groups is 4. The van der Waals surface area contributed by atoms with Gasteiger partial charge in [-0.25, -0.2) is 4.79 Å². The second kappa shape index (κ2) is 7.58. The minimum atomic E-state index is -1.24. The molecule has 128 valence electrons. The first kappa shape index (κ1) is 17.5. The summed E-state index contributed by atoms with van der Waals surface area (Å²) in [5.74, 6) is -3.22. The van der Waals surface area contributed by atoms with Crippen LogP contribution < -0.4 is 16.0 Å². The topological polar surface area (TPSA) is 130 Å². The van der Waals surface area contributed by atoms with Gasteiger partial charge >= 0.3 is 5.97 Å². The summed E-state index contributed by atoms with van der Waals surface area (Å²) in [6.07, 6.45) is -0.209. The van der Waals surface area contributed by atoms with Gasteiger partial charge in [0.1, 0.15) is 6.04 Å². The number of amides is 3. The molecule has 8 nitrogen and oxygen atoms in total. The quantitative estimate of drug-likeness (QED) is 0.640. The van der Waals surface area contributed by atoms with E-state index < -0.39 is 29.7 Å². The van der Waals surface area contributed by atoms with Crippen LogP contribution in [0.5, 0.6) is 0 Å². The van der Waals surface area contributed by atoms with Crippen molar-refractivity contribution >= 4 is 29.4 Å². The van der Waals surface area contributed by atoms with E-state index in [-0.39, 0.29) is 31.7 Å². The lowest BCUT2D eigenvalue weighted by atomic mass is 10.1. The van der Waals surface area contributed by atoms with E-state index in [9.17, 15) is 19.2 Å². The van der Waals surface area contributed by atoms with E-state index in [1.54, 1.807) is 24.3 Å². The van der Waals surface area contributed by atoms with Gasteiger partial charge in [-0.2, -0.15) is 0 Å². The number of hydrogen-bond acceptors (Lipinski definition) is 4. The number of benzene rings is 1. The number of primary amides is 1. The monoisotopic (exact) mass is 333 g/mol. The van der Waals surface area contributed by atoms with Gasteiger partial charge in [0.15, 0.2) is 0 Å². The average molecular weight is 333 g/mol. The van der Waals surface area contributed by atoms with Crippen LogP contribution in [0.25, 0.3) is 0 Å². The fourth-order valence-corrected chi connectivity index (χ4v) is 2.57. The van der Waals surface area contributed by atoms with Crippen LogP contribution in [0.2, 0.25) is 0 Å². The van der Waals surface area contributed by atoms with Gasteiger partial charge < -0.3 is 21.1 Å². The maximum Gasteiger partial charge on any atom is 0.326 e. The Morgan fingerprint density at radius 3 is 2.54 bits per heavy atom. The molecule has 3 amide bonds. The molecular formula is C16H19N3O5. The first-order chi connectivity index (χ1) is 11.4. The number of nitrogens with two attached hydrogens (primary N) is 1. The van der Waals surface area contributed by atoms with Gasteiger partial charge in [0, 0.05) is 25.1 Å². The number of anilines is 1.